The number of aromatic nitrogens is 6. The maximum absolute atomic E-state index is 12.8. The molecule has 0 spiro atoms. The summed E-state index contributed by atoms with van der Waals surface area (Å²) in [4.78, 5) is 18.8. The van der Waals surface area contributed by atoms with Crippen molar-refractivity contribution >= 4 is 5.91 Å². The fraction of sp³-hybridized carbons (Fsp3) is 0.500. The Balaban J connectivity index is 1.31. The van der Waals surface area contributed by atoms with Gasteiger partial charge in [-0.2, -0.15) is 0 Å². The SMILES string of the molecule is Cn1cccc1C(=O)N1CCC(c2nnc(Cn3ccnc3)n2C2CC2)CC1. The highest BCUT2D eigenvalue weighted by molar-refractivity contribution is 5.92. The zero-order valence-electron chi connectivity index (χ0n) is 16.1. The minimum atomic E-state index is 0.121. The van der Waals surface area contributed by atoms with Gasteiger partial charge in [0.05, 0.1) is 12.9 Å². The number of likely N-dealkylation sites (tertiary alicyclic amines) is 1. The summed E-state index contributed by atoms with van der Waals surface area (Å²) in [5.41, 5.74) is 0.752. The molecule has 1 aliphatic carbocycles. The molecule has 2 fully saturated rings. The molecule has 3 aromatic heterocycles. The molecule has 0 unspecified atom stereocenters. The molecule has 8 heteroatoms. The molecule has 28 heavy (non-hydrogen) atoms. The number of rotatable bonds is 5. The van der Waals surface area contributed by atoms with Gasteiger partial charge >= 0.3 is 0 Å². The smallest absolute Gasteiger partial charge is 0.270 e. The average molecular weight is 379 g/mol. The van der Waals surface area contributed by atoms with Crippen LogP contribution in [0.4, 0.5) is 0 Å². The molecule has 5 rings (SSSR count). The maximum atomic E-state index is 12.8. The number of imidazole rings is 1. The minimum absolute atomic E-state index is 0.121. The van der Waals surface area contributed by atoms with Crippen molar-refractivity contribution in [2.45, 2.75) is 44.2 Å². The largest absolute Gasteiger partial charge is 0.347 e. The van der Waals surface area contributed by atoms with Crippen LogP contribution < -0.4 is 0 Å². The van der Waals surface area contributed by atoms with Gasteiger partial charge in [0.25, 0.3) is 5.91 Å². The van der Waals surface area contributed by atoms with Gasteiger partial charge < -0.3 is 18.6 Å². The van der Waals surface area contributed by atoms with Gasteiger partial charge in [0.1, 0.15) is 11.5 Å². The van der Waals surface area contributed by atoms with Crippen molar-refractivity contribution in [3.8, 4) is 0 Å². The van der Waals surface area contributed by atoms with Gasteiger partial charge in [0.15, 0.2) is 5.82 Å². The predicted octanol–water partition coefficient (Wildman–Crippen LogP) is 2.22. The molecule has 0 atom stereocenters. The minimum Gasteiger partial charge on any atom is -0.347 e. The van der Waals surface area contributed by atoms with Crippen LogP contribution in [-0.4, -0.2) is 52.8 Å². The second-order valence-corrected chi connectivity index (χ2v) is 7.88. The van der Waals surface area contributed by atoms with E-state index in [2.05, 4.69) is 19.7 Å². The third kappa shape index (κ3) is 3.12. The lowest BCUT2D eigenvalue weighted by Gasteiger charge is -2.32. The summed E-state index contributed by atoms with van der Waals surface area (Å²) in [7, 11) is 1.92. The highest BCUT2D eigenvalue weighted by Gasteiger charge is 2.34. The van der Waals surface area contributed by atoms with E-state index in [1.54, 1.807) is 6.20 Å². The van der Waals surface area contributed by atoms with E-state index >= 15 is 0 Å². The van der Waals surface area contributed by atoms with Gasteiger partial charge in [-0.25, -0.2) is 4.98 Å². The number of amides is 1. The number of carbonyl (C=O) groups excluding carboxylic acids is 1. The Hall–Kier alpha value is -2.90. The van der Waals surface area contributed by atoms with Crippen molar-refractivity contribution in [3.05, 3.63) is 54.4 Å². The normalized spacial score (nSPS) is 18.0. The number of hydrogen-bond acceptors (Lipinski definition) is 4. The highest BCUT2D eigenvalue weighted by atomic mass is 16.2. The first kappa shape index (κ1) is 17.2. The molecule has 3 aromatic rings. The Bertz CT molecular complexity index is 959. The molecule has 1 saturated heterocycles. The number of carbonyl (C=O) groups is 1. The fourth-order valence-corrected chi connectivity index (χ4v) is 4.18. The summed E-state index contributed by atoms with van der Waals surface area (Å²) in [5, 5.41) is 9.10. The second-order valence-electron chi connectivity index (χ2n) is 7.88. The van der Waals surface area contributed by atoms with Crippen molar-refractivity contribution < 1.29 is 4.79 Å². The summed E-state index contributed by atoms with van der Waals surface area (Å²) < 4.78 is 6.29. The van der Waals surface area contributed by atoms with Crippen molar-refractivity contribution in [2.75, 3.05) is 13.1 Å². The van der Waals surface area contributed by atoms with E-state index in [1.807, 2.05) is 51.9 Å². The zero-order valence-corrected chi connectivity index (χ0v) is 16.1. The number of piperidine rings is 1. The quantitative estimate of drug-likeness (QED) is 0.681. The van der Waals surface area contributed by atoms with Gasteiger partial charge in [-0.05, 0) is 37.8 Å². The molecular formula is C20H25N7O. The van der Waals surface area contributed by atoms with Crippen molar-refractivity contribution in [2.24, 2.45) is 7.05 Å². The lowest BCUT2D eigenvalue weighted by atomic mass is 9.95. The average Bonchev–Trinajstić information content (AvgIpc) is 3.09. The summed E-state index contributed by atoms with van der Waals surface area (Å²) in [6.07, 6.45) is 11.8. The maximum Gasteiger partial charge on any atom is 0.270 e. The van der Waals surface area contributed by atoms with E-state index in [0.717, 1.165) is 43.3 Å². The van der Waals surface area contributed by atoms with Crippen LogP contribution in [-0.2, 0) is 13.6 Å². The first-order valence-electron chi connectivity index (χ1n) is 10.0. The Labute approximate surface area is 163 Å². The zero-order chi connectivity index (χ0) is 19.1. The molecule has 1 saturated carbocycles. The van der Waals surface area contributed by atoms with E-state index in [9.17, 15) is 4.79 Å². The van der Waals surface area contributed by atoms with Crippen LogP contribution in [0.2, 0.25) is 0 Å². The molecular weight excluding hydrogens is 354 g/mol. The summed E-state index contributed by atoms with van der Waals surface area (Å²) in [6, 6.07) is 4.34. The van der Waals surface area contributed by atoms with Crippen LogP contribution in [0.3, 0.4) is 0 Å². The predicted molar refractivity (Wildman–Crippen MR) is 103 cm³/mol. The lowest BCUT2D eigenvalue weighted by Crippen LogP contribution is -2.39. The van der Waals surface area contributed by atoms with Gasteiger partial charge in [0, 0.05) is 50.7 Å². The van der Waals surface area contributed by atoms with Crippen LogP contribution in [0.5, 0.6) is 0 Å². The Kier molecular flexibility index (Phi) is 4.26. The summed E-state index contributed by atoms with van der Waals surface area (Å²) in [6.45, 7) is 2.24. The monoisotopic (exact) mass is 379 g/mol. The molecule has 0 radical (unpaired) electrons. The number of hydrogen-bond donors (Lipinski definition) is 0. The van der Waals surface area contributed by atoms with E-state index in [4.69, 9.17) is 0 Å². The first-order chi connectivity index (χ1) is 13.7. The standard InChI is InChI=1S/C20H25N7O/c1-24-9-2-3-17(24)20(28)26-10-6-15(7-11-26)19-23-22-18(27(19)16-4-5-16)13-25-12-8-21-14-25/h2-3,8-9,12,14-16H,4-7,10-11,13H2,1H3. The third-order valence-corrected chi connectivity index (χ3v) is 5.90. The van der Waals surface area contributed by atoms with E-state index in [1.165, 1.54) is 12.8 Å². The molecule has 146 valence electrons. The molecule has 0 aromatic carbocycles. The second kappa shape index (κ2) is 6.92. The lowest BCUT2D eigenvalue weighted by molar-refractivity contribution is 0.0700. The molecule has 1 amide bonds. The van der Waals surface area contributed by atoms with Gasteiger partial charge in [-0.1, -0.05) is 0 Å². The topological polar surface area (TPSA) is 73.8 Å². The van der Waals surface area contributed by atoms with E-state index in [0.29, 0.717) is 18.5 Å². The van der Waals surface area contributed by atoms with E-state index < -0.39 is 0 Å². The highest BCUT2D eigenvalue weighted by Crippen LogP contribution is 2.40. The molecule has 0 N–H and O–H groups in total. The third-order valence-electron chi connectivity index (χ3n) is 5.90. The van der Waals surface area contributed by atoms with Crippen LogP contribution in [0.1, 0.15) is 59.8 Å². The van der Waals surface area contributed by atoms with Crippen LogP contribution in [0.15, 0.2) is 37.1 Å². The number of nitrogens with zero attached hydrogens (tertiary/aromatic N) is 7. The van der Waals surface area contributed by atoms with Gasteiger partial charge in [-0.3, -0.25) is 4.79 Å². The Morgan fingerprint density at radius 1 is 1.14 bits per heavy atom. The molecule has 1 aliphatic heterocycles. The molecule has 0 bridgehead atoms. The summed E-state index contributed by atoms with van der Waals surface area (Å²) >= 11 is 0. The van der Waals surface area contributed by atoms with E-state index in [-0.39, 0.29) is 5.91 Å². The molecule has 8 nitrogen and oxygen atoms in total. The van der Waals surface area contributed by atoms with Crippen molar-refractivity contribution in [1.82, 2.24) is 33.8 Å². The first-order valence-corrected chi connectivity index (χ1v) is 10.0. The Morgan fingerprint density at radius 3 is 2.61 bits per heavy atom. The van der Waals surface area contributed by atoms with Crippen molar-refractivity contribution in [1.29, 1.82) is 0 Å². The van der Waals surface area contributed by atoms with Gasteiger partial charge in [0.2, 0.25) is 0 Å². The fourth-order valence-electron chi connectivity index (χ4n) is 4.18. The molecule has 2 aliphatic rings. The van der Waals surface area contributed by atoms with Crippen LogP contribution in [0.25, 0.3) is 0 Å². The van der Waals surface area contributed by atoms with Crippen LogP contribution >= 0.6 is 0 Å². The number of aryl methyl sites for hydroxylation is 1. The molecule has 4 heterocycles. The van der Waals surface area contributed by atoms with Gasteiger partial charge in [-0.15, -0.1) is 10.2 Å². The Morgan fingerprint density at radius 2 is 1.96 bits per heavy atom. The van der Waals surface area contributed by atoms with Crippen molar-refractivity contribution in [3.63, 3.8) is 0 Å². The summed E-state index contributed by atoms with van der Waals surface area (Å²) in [5.74, 6) is 2.60. The van der Waals surface area contributed by atoms with Crippen LogP contribution in [0, 0.1) is 0 Å².